The third-order valence-electron chi connectivity index (χ3n) is 2.95. The molecule has 0 radical (unpaired) electrons. The van der Waals surface area contributed by atoms with Gasteiger partial charge in [0.1, 0.15) is 0 Å². The van der Waals surface area contributed by atoms with E-state index in [1.165, 1.54) is 0 Å². The smallest absolute Gasteiger partial charge is 0.265 e. The van der Waals surface area contributed by atoms with E-state index in [0.29, 0.717) is 22.9 Å². The zero-order valence-corrected chi connectivity index (χ0v) is 11.6. The standard InChI is InChI=1S/C11H12BrNO3S/c1-11(6-7-11)17(15,16)13-10(14)8-4-2-3-5-9(8)12/h2-5H,6-7H2,1H3,(H,13,14). The molecule has 92 valence electrons. The van der Waals surface area contributed by atoms with Gasteiger partial charge >= 0.3 is 0 Å². The Labute approximate surface area is 109 Å². The van der Waals surface area contributed by atoms with E-state index in [4.69, 9.17) is 0 Å². The summed E-state index contributed by atoms with van der Waals surface area (Å²) in [6, 6.07) is 6.72. The molecule has 0 atom stereocenters. The maximum atomic E-state index is 11.9. The van der Waals surface area contributed by atoms with Gasteiger partial charge in [-0.1, -0.05) is 12.1 Å². The number of rotatable bonds is 3. The zero-order chi connectivity index (χ0) is 12.7. The second kappa shape index (κ2) is 4.10. The zero-order valence-electron chi connectivity index (χ0n) is 9.23. The van der Waals surface area contributed by atoms with Crippen molar-refractivity contribution in [3.63, 3.8) is 0 Å². The summed E-state index contributed by atoms with van der Waals surface area (Å²) in [6.07, 6.45) is 1.21. The van der Waals surface area contributed by atoms with Crippen molar-refractivity contribution >= 4 is 31.9 Å². The minimum Gasteiger partial charge on any atom is -0.268 e. The lowest BCUT2D eigenvalue weighted by molar-refractivity contribution is 0.0980. The fourth-order valence-electron chi connectivity index (χ4n) is 1.39. The molecule has 1 N–H and O–H groups in total. The van der Waals surface area contributed by atoms with Gasteiger partial charge in [-0.05, 0) is 47.8 Å². The lowest BCUT2D eigenvalue weighted by Crippen LogP contribution is -2.38. The average molecular weight is 318 g/mol. The Bertz CT molecular complexity index is 564. The summed E-state index contributed by atoms with van der Waals surface area (Å²) in [7, 11) is -3.57. The second-order valence-electron chi connectivity index (χ2n) is 4.36. The Morgan fingerprint density at radius 3 is 2.47 bits per heavy atom. The van der Waals surface area contributed by atoms with Gasteiger partial charge in [0, 0.05) is 4.47 Å². The minimum absolute atomic E-state index is 0.320. The molecule has 1 fully saturated rings. The van der Waals surface area contributed by atoms with Gasteiger partial charge in [-0.3, -0.25) is 4.79 Å². The Balaban J connectivity index is 2.21. The van der Waals surface area contributed by atoms with Gasteiger partial charge < -0.3 is 0 Å². The third-order valence-corrected chi connectivity index (χ3v) is 5.80. The number of hydrogen-bond acceptors (Lipinski definition) is 3. The fraction of sp³-hybridized carbons (Fsp3) is 0.364. The maximum absolute atomic E-state index is 11.9. The molecular weight excluding hydrogens is 306 g/mol. The topological polar surface area (TPSA) is 63.2 Å². The van der Waals surface area contributed by atoms with Crippen LogP contribution in [0.25, 0.3) is 0 Å². The number of halogens is 1. The normalized spacial score (nSPS) is 17.5. The van der Waals surface area contributed by atoms with E-state index in [-0.39, 0.29) is 0 Å². The summed E-state index contributed by atoms with van der Waals surface area (Å²) in [4.78, 5) is 11.8. The van der Waals surface area contributed by atoms with Crippen molar-refractivity contribution in [1.82, 2.24) is 4.72 Å². The second-order valence-corrected chi connectivity index (χ2v) is 7.42. The number of hydrogen-bond donors (Lipinski definition) is 1. The highest BCUT2D eigenvalue weighted by molar-refractivity contribution is 9.10. The molecule has 17 heavy (non-hydrogen) atoms. The number of amides is 1. The fourth-order valence-corrected chi connectivity index (χ4v) is 3.10. The molecule has 0 spiro atoms. The van der Waals surface area contributed by atoms with Gasteiger partial charge in [-0.15, -0.1) is 0 Å². The van der Waals surface area contributed by atoms with Crippen molar-refractivity contribution < 1.29 is 13.2 Å². The van der Waals surface area contributed by atoms with Crippen molar-refractivity contribution in [2.45, 2.75) is 24.5 Å². The van der Waals surface area contributed by atoms with E-state index < -0.39 is 20.7 Å². The number of carbonyl (C=O) groups excluding carboxylic acids is 1. The lowest BCUT2D eigenvalue weighted by Gasteiger charge is -2.12. The summed E-state index contributed by atoms with van der Waals surface area (Å²) >= 11 is 3.21. The molecular formula is C11H12BrNO3S. The average Bonchev–Trinajstić information content (AvgIpc) is 2.98. The first-order valence-electron chi connectivity index (χ1n) is 5.17. The van der Waals surface area contributed by atoms with Crippen molar-refractivity contribution in [3.05, 3.63) is 34.3 Å². The van der Waals surface area contributed by atoms with Crippen LogP contribution in [0, 0.1) is 0 Å². The van der Waals surface area contributed by atoms with Crippen LogP contribution in [0.2, 0.25) is 0 Å². The summed E-state index contributed by atoms with van der Waals surface area (Å²) < 4.78 is 25.6. The van der Waals surface area contributed by atoms with Gasteiger partial charge in [0.05, 0.1) is 10.3 Å². The summed E-state index contributed by atoms with van der Waals surface area (Å²) in [6.45, 7) is 1.64. The van der Waals surface area contributed by atoms with E-state index in [2.05, 4.69) is 20.7 Å². The molecule has 0 aliphatic heterocycles. The minimum atomic E-state index is -3.57. The molecule has 2 rings (SSSR count). The molecule has 6 heteroatoms. The largest absolute Gasteiger partial charge is 0.268 e. The molecule has 0 aromatic heterocycles. The first-order valence-corrected chi connectivity index (χ1v) is 7.45. The lowest BCUT2D eigenvalue weighted by atomic mass is 10.2. The van der Waals surface area contributed by atoms with Crippen molar-refractivity contribution in [2.24, 2.45) is 0 Å². The molecule has 1 aromatic carbocycles. The van der Waals surface area contributed by atoms with E-state index >= 15 is 0 Å². The molecule has 4 nitrogen and oxygen atoms in total. The molecule has 0 heterocycles. The van der Waals surface area contributed by atoms with Crippen LogP contribution < -0.4 is 4.72 Å². The highest BCUT2D eigenvalue weighted by atomic mass is 79.9. The Morgan fingerprint density at radius 2 is 1.94 bits per heavy atom. The van der Waals surface area contributed by atoms with Crippen LogP contribution in [-0.4, -0.2) is 19.1 Å². The van der Waals surface area contributed by atoms with Crippen LogP contribution in [0.1, 0.15) is 30.1 Å². The Morgan fingerprint density at radius 1 is 1.35 bits per heavy atom. The molecule has 1 aliphatic rings. The third kappa shape index (κ3) is 2.37. The number of nitrogens with one attached hydrogen (secondary N) is 1. The van der Waals surface area contributed by atoms with Crippen molar-refractivity contribution in [2.75, 3.05) is 0 Å². The van der Waals surface area contributed by atoms with Gasteiger partial charge in [0.25, 0.3) is 5.91 Å². The first-order chi connectivity index (χ1) is 7.86. The monoisotopic (exact) mass is 317 g/mol. The molecule has 1 aliphatic carbocycles. The first kappa shape index (κ1) is 12.6. The van der Waals surface area contributed by atoms with Crippen LogP contribution in [0.15, 0.2) is 28.7 Å². The quantitative estimate of drug-likeness (QED) is 0.928. The van der Waals surface area contributed by atoms with Crippen LogP contribution in [0.3, 0.4) is 0 Å². The van der Waals surface area contributed by atoms with Crippen LogP contribution in [0.5, 0.6) is 0 Å². The van der Waals surface area contributed by atoms with Gasteiger partial charge in [0.2, 0.25) is 10.0 Å². The predicted octanol–water partition coefficient (Wildman–Crippen LogP) is 2.06. The predicted molar refractivity (Wildman–Crippen MR) is 68.2 cm³/mol. The maximum Gasteiger partial charge on any atom is 0.265 e. The Hall–Kier alpha value is -0.880. The van der Waals surface area contributed by atoms with Crippen molar-refractivity contribution in [3.8, 4) is 0 Å². The molecule has 1 amide bonds. The van der Waals surface area contributed by atoms with E-state index in [1.54, 1.807) is 31.2 Å². The molecule has 1 saturated carbocycles. The molecule has 0 unspecified atom stereocenters. The van der Waals surface area contributed by atoms with Crippen LogP contribution in [-0.2, 0) is 10.0 Å². The highest BCUT2D eigenvalue weighted by Gasteiger charge is 2.50. The highest BCUT2D eigenvalue weighted by Crippen LogP contribution is 2.42. The van der Waals surface area contributed by atoms with E-state index in [0.717, 1.165) is 0 Å². The van der Waals surface area contributed by atoms with E-state index in [9.17, 15) is 13.2 Å². The van der Waals surface area contributed by atoms with Gasteiger partial charge in [-0.25, -0.2) is 13.1 Å². The van der Waals surface area contributed by atoms with Gasteiger partial charge in [-0.2, -0.15) is 0 Å². The summed E-state index contributed by atoms with van der Waals surface area (Å²) in [5.41, 5.74) is 0.320. The SMILES string of the molecule is CC1(S(=O)(=O)NC(=O)c2ccccc2Br)CC1. The van der Waals surface area contributed by atoms with Gasteiger partial charge in [0.15, 0.2) is 0 Å². The van der Waals surface area contributed by atoms with E-state index in [1.807, 2.05) is 0 Å². The van der Waals surface area contributed by atoms with Crippen molar-refractivity contribution in [1.29, 1.82) is 0 Å². The molecule has 0 bridgehead atoms. The number of carbonyl (C=O) groups is 1. The summed E-state index contributed by atoms with van der Waals surface area (Å²) in [5, 5.41) is 0. The molecule has 0 saturated heterocycles. The summed E-state index contributed by atoms with van der Waals surface area (Å²) in [5.74, 6) is -0.592. The van der Waals surface area contributed by atoms with Crippen LogP contribution >= 0.6 is 15.9 Å². The van der Waals surface area contributed by atoms with Crippen LogP contribution in [0.4, 0.5) is 0 Å². The number of benzene rings is 1. The number of sulfonamides is 1. The molecule has 1 aromatic rings. The Kier molecular flexibility index (Phi) is 3.03.